The van der Waals surface area contributed by atoms with E-state index in [0.717, 1.165) is 11.4 Å². The molecule has 0 spiro atoms. The number of aryl methyl sites for hydroxylation is 1. The molecule has 0 aromatic carbocycles. The maximum Gasteiger partial charge on any atom is 0.0590 e. The van der Waals surface area contributed by atoms with Gasteiger partial charge in [0.25, 0.3) is 0 Å². The van der Waals surface area contributed by atoms with Crippen LogP contribution >= 0.6 is 34.3 Å². The van der Waals surface area contributed by atoms with Gasteiger partial charge in [0.15, 0.2) is 0 Å². The summed E-state index contributed by atoms with van der Waals surface area (Å²) in [7, 11) is 1.99. The van der Waals surface area contributed by atoms with E-state index in [1.807, 2.05) is 7.05 Å². The molecule has 0 aliphatic carbocycles. The number of rotatable bonds is 4. The van der Waals surface area contributed by atoms with Crippen molar-refractivity contribution in [2.45, 2.75) is 19.4 Å². The second-order valence-electron chi connectivity index (χ2n) is 3.72. The third-order valence-electron chi connectivity index (χ3n) is 2.58. The molecule has 0 aliphatic rings. The molecule has 0 bridgehead atoms. The fourth-order valence-corrected chi connectivity index (χ4v) is 3.83. The van der Waals surface area contributed by atoms with Crippen LogP contribution in [0.3, 0.4) is 0 Å². The molecule has 1 nitrogen and oxygen atoms in total. The van der Waals surface area contributed by atoms with Crippen LogP contribution in [0, 0.1) is 6.92 Å². The van der Waals surface area contributed by atoms with Gasteiger partial charge in [-0.1, -0.05) is 17.7 Å². The number of nitrogens with one attached hydrogen (secondary N) is 1. The molecule has 2 aromatic heterocycles. The van der Waals surface area contributed by atoms with Crippen LogP contribution < -0.4 is 5.32 Å². The summed E-state index contributed by atoms with van der Waals surface area (Å²) in [5, 5.41) is 8.50. The molecule has 2 aromatic rings. The summed E-state index contributed by atoms with van der Waals surface area (Å²) in [6, 6.07) is 4.59. The summed E-state index contributed by atoms with van der Waals surface area (Å²) in [4.78, 5) is 2.64. The standard InChI is InChI=1S/C12H14ClNS2/c1-8-7-16-12(11(8)13)10(14-2)6-9-4-3-5-15-9/h3-5,7,10,14H,6H2,1-2H3. The lowest BCUT2D eigenvalue weighted by Gasteiger charge is -2.14. The van der Waals surface area contributed by atoms with E-state index in [2.05, 4.69) is 35.1 Å². The van der Waals surface area contributed by atoms with Gasteiger partial charge in [-0.2, -0.15) is 0 Å². The fraction of sp³-hybridized carbons (Fsp3) is 0.333. The Hall–Kier alpha value is -0.350. The minimum Gasteiger partial charge on any atom is -0.312 e. The second kappa shape index (κ2) is 5.32. The van der Waals surface area contributed by atoms with Crippen LogP contribution in [-0.4, -0.2) is 7.05 Å². The SMILES string of the molecule is CNC(Cc1cccs1)c1scc(C)c1Cl. The van der Waals surface area contributed by atoms with Crippen LogP contribution in [0.25, 0.3) is 0 Å². The van der Waals surface area contributed by atoms with Crippen LogP contribution in [0.5, 0.6) is 0 Å². The Morgan fingerprint density at radius 1 is 1.44 bits per heavy atom. The van der Waals surface area contributed by atoms with Crippen molar-refractivity contribution < 1.29 is 0 Å². The van der Waals surface area contributed by atoms with Crippen LogP contribution in [-0.2, 0) is 6.42 Å². The highest BCUT2D eigenvalue weighted by atomic mass is 35.5. The molecule has 16 heavy (non-hydrogen) atoms. The first-order chi connectivity index (χ1) is 7.72. The molecule has 0 fully saturated rings. The Morgan fingerprint density at radius 3 is 2.75 bits per heavy atom. The summed E-state index contributed by atoms with van der Waals surface area (Å²) >= 11 is 9.83. The van der Waals surface area contributed by atoms with Gasteiger partial charge in [-0.05, 0) is 36.4 Å². The molecule has 1 atom stereocenters. The number of thiophene rings is 2. The first-order valence-electron chi connectivity index (χ1n) is 5.15. The molecule has 86 valence electrons. The normalized spacial score (nSPS) is 12.9. The molecule has 1 N–H and O–H groups in total. The third-order valence-corrected chi connectivity index (χ3v) is 5.30. The van der Waals surface area contributed by atoms with Crippen molar-refractivity contribution in [1.82, 2.24) is 5.32 Å². The molecule has 0 amide bonds. The molecule has 2 heterocycles. The van der Waals surface area contributed by atoms with Gasteiger partial charge in [-0.15, -0.1) is 22.7 Å². The first-order valence-corrected chi connectivity index (χ1v) is 7.29. The van der Waals surface area contributed by atoms with Gasteiger partial charge < -0.3 is 5.32 Å². The predicted molar refractivity (Wildman–Crippen MR) is 73.9 cm³/mol. The van der Waals surface area contributed by atoms with Crippen molar-refractivity contribution in [2.24, 2.45) is 0 Å². The Balaban J connectivity index is 2.20. The monoisotopic (exact) mass is 271 g/mol. The Morgan fingerprint density at radius 2 is 2.25 bits per heavy atom. The fourth-order valence-electron chi connectivity index (χ4n) is 1.64. The lowest BCUT2D eigenvalue weighted by Crippen LogP contribution is -2.17. The maximum atomic E-state index is 6.30. The summed E-state index contributed by atoms with van der Waals surface area (Å²) in [5.41, 5.74) is 1.17. The van der Waals surface area contributed by atoms with E-state index in [0.29, 0.717) is 6.04 Å². The molecule has 1 unspecified atom stereocenters. The van der Waals surface area contributed by atoms with Gasteiger partial charge in [0.1, 0.15) is 0 Å². The average molecular weight is 272 g/mol. The molecular formula is C12H14ClNS2. The van der Waals surface area contributed by atoms with Gasteiger partial charge in [0.2, 0.25) is 0 Å². The lowest BCUT2D eigenvalue weighted by molar-refractivity contribution is 0.607. The van der Waals surface area contributed by atoms with Crippen LogP contribution in [0.2, 0.25) is 5.02 Å². The second-order valence-corrected chi connectivity index (χ2v) is 6.04. The van der Waals surface area contributed by atoms with Crippen molar-refractivity contribution in [2.75, 3.05) is 7.05 Å². The average Bonchev–Trinajstić information content (AvgIpc) is 2.88. The number of likely N-dealkylation sites (N-methyl/N-ethyl adjacent to an activating group) is 1. The maximum absolute atomic E-state index is 6.30. The summed E-state index contributed by atoms with van der Waals surface area (Å²) in [5.74, 6) is 0. The van der Waals surface area contributed by atoms with E-state index in [1.165, 1.54) is 15.3 Å². The molecule has 0 saturated carbocycles. The van der Waals surface area contributed by atoms with E-state index in [4.69, 9.17) is 11.6 Å². The highest BCUT2D eigenvalue weighted by Gasteiger charge is 2.17. The predicted octanol–water partition coefficient (Wildman–Crippen LogP) is 4.27. The van der Waals surface area contributed by atoms with Gasteiger partial charge in [0, 0.05) is 22.2 Å². The smallest absolute Gasteiger partial charge is 0.0590 e. The van der Waals surface area contributed by atoms with Crippen molar-refractivity contribution in [3.05, 3.63) is 43.2 Å². The van der Waals surface area contributed by atoms with Gasteiger partial charge in [-0.3, -0.25) is 0 Å². The van der Waals surface area contributed by atoms with Gasteiger partial charge in [0.05, 0.1) is 5.02 Å². The Kier molecular flexibility index (Phi) is 4.03. The lowest BCUT2D eigenvalue weighted by atomic mass is 10.1. The summed E-state index contributed by atoms with van der Waals surface area (Å²) in [6.45, 7) is 2.06. The molecule has 4 heteroatoms. The molecule has 0 saturated heterocycles. The first kappa shape index (κ1) is 12.1. The van der Waals surface area contributed by atoms with Crippen molar-refractivity contribution in [1.29, 1.82) is 0 Å². The minimum absolute atomic E-state index is 0.324. The topological polar surface area (TPSA) is 12.0 Å². The van der Waals surface area contributed by atoms with Crippen LogP contribution in [0.15, 0.2) is 22.9 Å². The van der Waals surface area contributed by atoms with E-state index in [9.17, 15) is 0 Å². The number of hydrogen-bond donors (Lipinski definition) is 1. The van der Waals surface area contributed by atoms with Crippen LogP contribution in [0.4, 0.5) is 0 Å². The number of halogens is 1. The van der Waals surface area contributed by atoms with Gasteiger partial charge >= 0.3 is 0 Å². The zero-order chi connectivity index (χ0) is 11.5. The zero-order valence-corrected chi connectivity index (χ0v) is 11.7. The summed E-state index contributed by atoms with van der Waals surface area (Å²) < 4.78 is 0. The van der Waals surface area contributed by atoms with E-state index < -0.39 is 0 Å². The largest absolute Gasteiger partial charge is 0.312 e. The van der Waals surface area contributed by atoms with E-state index in [-0.39, 0.29) is 0 Å². The third kappa shape index (κ3) is 2.48. The van der Waals surface area contributed by atoms with Crippen molar-refractivity contribution >= 4 is 34.3 Å². The highest BCUT2D eigenvalue weighted by molar-refractivity contribution is 7.11. The molecule has 2 rings (SSSR count). The quantitative estimate of drug-likeness (QED) is 0.875. The van der Waals surface area contributed by atoms with Crippen molar-refractivity contribution in [3.63, 3.8) is 0 Å². The highest BCUT2D eigenvalue weighted by Crippen LogP contribution is 2.34. The van der Waals surface area contributed by atoms with E-state index in [1.54, 1.807) is 22.7 Å². The van der Waals surface area contributed by atoms with Crippen LogP contribution in [0.1, 0.15) is 21.4 Å². The number of hydrogen-bond acceptors (Lipinski definition) is 3. The van der Waals surface area contributed by atoms with Crippen molar-refractivity contribution in [3.8, 4) is 0 Å². The van der Waals surface area contributed by atoms with E-state index >= 15 is 0 Å². The molecular weight excluding hydrogens is 258 g/mol. The zero-order valence-electron chi connectivity index (χ0n) is 9.29. The molecule has 0 aliphatic heterocycles. The summed E-state index contributed by atoms with van der Waals surface area (Å²) in [6.07, 6.45) is 1.01. The van der Waals surface area contributed by atoms with Gasteiger partial charge in [-0.25, -0.2) is 0 Å². The minimum atomic E-state index is 0.324. The Bertz CT molecular complexity index is 448. The Labute approximate surface area is 109 Å². The molecule has 0 radical (unpaired) electrons.